The molecule has 1 aromatic rings. The molecule has 1 unspecified atom stereocenters. The number of ether oxygens (including phenoxy) is 1. The Morgan fingerprint density at radius 2 is 2.00 bits per heavy atom. The van der Waals surface area contributed by atoms with Crippen LogP contribution in [-0.2, 0) is 9.53 Å². The Labute approximate surface area is 117 Å². The first-order chi connectivity index (χ1) is 9.41. The molecule has 7 heteroatoms. The summed E-state index contributed by atoms with van der Waals surface area (Å²) in [6.45, 7) is 5.40. The molecule has 0 saturated carbocycles. The van der Waals surface area contributed by atoms with E-state index < -0.39 is 0 Å². The van der Waals surface area contributed by atoms with Gasteiger partial charge in [0.05, 0.1) is 5.69 Å². The maximum Gasteiger partial charge on any atom is 0.309 e. The SMILES string of the molecule is CC(C)=C1OC(c2nccnc2C(C)N)=NN(C)C1=O. The van der Waals surface area contributed by atoms with E-state index in [1.807, 2.05) is 0 Å². The van der Waals surface area contributed by atoms with E-state index in [1.54, 1.807) is 34.0 Å². The molecule has 1 atom stereocenters. The van der Waals surface area contributed by atoms with Gasteiger partial charge in [0.15, 0.2) is 11.5 Å². The summed E-state index contributed by atoms with van der Waals surface area (Å²) in [5.74, 6) is 0.183. The Hall–Kier alpha value is -2.28. The molecule has 0 bridgehead atoms. The van der Waals surface area contributed by atoms with Gasteiger partial charge in [0.25, 0.3) is 5.90 Å². The number of likely N-dealkylation sites (N-methyl/N-ethyl adjacent to an activating group) is 1. The molecule has 1 aliphatic rings. The molecular formula is C13H17N5O2. The summed E-state index contributed by atoms with van der Waals surface area (Å²) in [4.78, 5) is 20.4. The predicted molar refractivity (Wildman–Crippen MR) is 73.4 cm³/mol. The molecule has 20 heavy (non-hydrogen) atoms. The second kappa shape index (κ2) is 5.38. The Bertz CT molecular complexity index is 603. The number of amides is 1. The van der Waals surface area contributed by atoms with Crippen LogP contribution in [-0.4, -0.2) is 33.8 Å². The van der Waals surface area contributed by atoms with Gasteiger partial charge in [0, 0.05) is 25.5 Å². The molecule has 0 radical (unpaired) electrons. The van der Waals surface area contributed by atoms with Gasteiger partial charge in [-0.3, -0.25) is 9.78 Å². The minimum absolute atomic E-state index is 0.226. The molecular weight excluding hydrogens is 258 g/mol. The van der Waals surface area contributed by atoms with Gasteiger partial charge >= 0.3 is 5.91 Å². The molecule has 0 aromatic carbocycles. The number of carbonyl (C=O) groups is 1. The van der Waals surface area contributed by atoms with Crippen molar-refractivity contribution in [3.63, 3.8) is 0 Å². The van der Waals surface area contributed by atoms with Crippen molar-refractivity contribution >= 4 is 11.8 Å². The molecule has 1 amide bonds. The summed E-state index contributed by atoms with van der Waals surface area (Å²) in [6.07, 6.45) is 3.09. The second-order valence-electron chi connectivity index (χ2n) is 4.74. The smallest absolute Gasteiger partial charge is 0.309 e. The topological polar surface area (TPSA) is 93.7 Å². The Morgan fingerprint density at radius 1 is 1.35 bits per heavy atom. The number of hydrogen-bond donors (Lipinski definition) is 1. The maximum atomic E-state index is 11.9. The van der Waals surface area contributed by atoms with Gasteiger partial charge in [0.1, 0.15) is 0 Å². The first kappa shape index (κ1) is 14.1. The first-order valence-electron chi connectivity index (χ1n) is 6.20. The van der Waals surface area contributed by atoms with Crippen LogP contribution in [0.5, 0.6) is 0 Å². The first-order valence-corrected chi connectivity index (χ1v) is 6.20. The van der Waals surface area contributed by atoms with Gasteiger partial charge in [-0.15, -0.1) is 5.10 Å². The highest BCUT2D eigenvalue weighted by Crippen LogP contribution is 2.20. The predicted octanol–water partition coefficient (Wildman–Crippen LogP) is 0.940. The molecule has 0 saturated heterocycles. The van der Waals surface area contributed by atoms with E-state index in [2.05, 4.69) is 15.1 Å². The van der Waals surface area contributed by atoms with Crippen LogP contribution in [0.1, 0.15) is 38.2 Å². The van der Waals surface area contributed by atoms with Crippen molar-refractivity contribution < 1.29 is 9.53 Å². The van der Waals surface area contributed by atoms with E-state index in [0.717, 1.165) is 5.57 Å². The van der Waals surface area contributed by atoms with E-state index in [1.165, 1.54) is 11.2 Å². The van der Waals surface area contributed by atoms with E-state index >= 15 is 0 Å². The third-order valence-corrected chi connectivity index (χ3v) is 2.74. The van der Waals surface area contributed by atoms with Gasteiger partial charge < -0.3 is 10.5 Å². The third kappa shape index (κ3) is 2.53. The summed E-state index contributed by atoms with van der Waals surface area (Å²) in [5.41, 5.74) is 7.65. The third-order valence-electron chi connectivity index (χ3n) is 2.74. The van der Waals surface area contributed by atoms with Crippen LogP contribution < -0.4 is 5.73 Å². The Balaban J connectivity index is 2.52. The maximum absolute atomic E-state index is 11.9. The molecule has 1 aromatic heterocycles. The van der Waals surface area contributed by atoms with Gasteiger partial charge in [0.2, 0.25) is 0 Å². The zero-order valence-electron chi connectivity index (χ0n) is 11.9. The molecule has 2 heterocycles. The van der Waals surface area contributed by atoms with E-state index in [0.29, 0.717) is 11.4 Å². The van der Waals surface area contributed by atoms with Crippen LogP contribution in [0.3, 0.4) is 0 Å². The molecule has 7 nitrogen and oxygen atoms in total. The van der Waals surface area contributed by atoms with Crippen LogP contribution in [0.15, 0.2) is 28.8 Å². The summed E-state index contributed by atoms with van der Waals surface area (Å²) < 4.78 is 5.59. The van der Waals surface area contributed by atoms with Crippen LogP contribution >= 0.6 is 0 Å². The second-order valence-corrected chi connectivity index (χ2v) is 4.74. The van der Waals surface area contributed by atoms with Crippen molar-refractivity contribution in [3.8, 4) is 0 Å². The van der Waals surface area contributed by atoms with Crippen molar-refractivity contribution in [2.75, 3.05) is 7.05 Å². The van der Waals surface area contributed by atoms with Crippen molar-refractivity contribution in [1.29, 1.82) is 0 Å². The normalized spacial score (nSPS) is 16.6. The molecule has 0 spiro atoms. The van der Waals surface area contributed by atoms with Gasteiger partial charge in [-0.2, -0.15) is 0 Å². The van der Waals surface area contributed by atoms with Crippen molar-refractivity contribution in [1.82, 2.24) is 15.0 Å². The van der Waals surface area contributed by atoms with Gasteiger partial charge in [-0.25, -0.2) is 9.99 Å². The molecule has 0 fully saturated rings. The summed E-state index contributed by atoms with van der Waals surface area (Å²) in [7, 11) is 1.57. The number of nitrogens with zero attached hydrogens (tertiary/aromatic N) is 4. The van der Waals surface area contributed by atoms with E-state index in [4.69, 9.17) is 10.5 Å². The largest absolute Gasteiger partial charge is 0.430 e. The van der Waals surface area contributed by atoms with Crippen molar-refractivity contribution in [3.05, 3.63) is 35.1 Å². The molecule has 106 valence electrons. The van der Waals surface area contributed by atoms with E-state index in [9.17, 15) is 4.79 Å². The number of nitrogens with two attached hydrogens (primary N) is 1. The number of rotatable bonds is 2. The van der Waals surface area contributed by atoms with Gasteiger partial charge in [-0.05, 0) is 26.3 Å². The molecule has 2 rings (SSSR count). The highest BCUT2D eigenvalue weighted by atomic mass is 16.5. The highest BCUT2D eigenvalue weighted by Gasteiger charge is 2.29. The lowest BCUT2D eigenvalue weighted by atomic mass is 10.2. The number of hydrogen-bond acceptors (Lipinski definition) is 6. The lowest BCUT2D eigenvalue weighted by molar-refractivity contribution is -0.129. The number of hydrazone groups is 1. The fraction of sp³-hybridized carbons (Fsp3) is 0.385. The highest BCUT2D eigenvalue weighted by molar-refractivity contribution is 6.03. The summed E-state index contributed by atoms with van der Waals surface area (Å²) >= 11 is 0. The monoisotopic (exact) mass is 275 g/mol. The van der Waals surface area contributed by atoms with Crippen molar-refractivity contribution in [2.24, 2.45) is 10.8 Å². The summed E-state index contributed by atoms with van der Waals surface area (Å²) in [5, 5.41) is 5.32. The Morgan fingerprint density at radius 3 is 2.60 bits per heavy atom. The summed E-state index contributed by atoms with van der Waals surface area (Å²) in [6, 6.07) is -0.317. The average molecular weight is 275 g/mol. The number of allylic oxidation sites excluding steroid dienone is 1. The quantitative estimate of drug-likeness (QED) is 0.811. The fourth-order valence-corrected chi connectivity index (χ4v) is 1.75. The zero-order valence-corrected chi connectivity index (χ0v) is 11.9. The lowest BCUT2D eigenvalue weighted by Gasteiger charge is -2.23. The minimum Gasteiger partial charge on any atom is -0.430 e. The zero-order chi connectivity index (χ0) is 14.9. The van der Waals surface area contributed by atoms with Crippen LogP contribution in [0.4, 0.5) is 0 Å². The molecule has 1 aliphatic heterocycles. The molecule has 2 N–H and O–H groups in total. The minimum atomic E-state index is -0.317. The van der Waals surface area contributed by atoms with Crippen LogP contribution in [0.2, 0.25) is 0 Å². The standard InChI is InChI=1S/C13H17N5O2/c1-7(2)11-13(19)18(4)17-12(20-11)10-9(8(3)14)15-5-6-16-10/h5-6,8H,14H2,1-4H3. The van der Waals surface area contributed by atoms with Crippen LogP contribution in [0.25, 0.3) is 0 Å². The molecule has 0 aliphatic carbocycles. The van der Waals surface area contributed by atoms with Crippen molar-refractivity contribution in [2.45, 2.75) is 26.8 Å². The number of carbonyl (C=O) groups excluding carboxylic acids is 1. The van der Waals surface area contributed by atoms with Crippen LogP contribution in [0, 0.1) is 0 Å². The lowest BCUT2D eigenvalue weighted by Crippen LogP contribution is -2.34. The van der Waals surface area contributed by atoms with Gasteiger partial charge in [-0.1, -0.05) is 0 Å². The van der Waals surface area contributed by atoms with E-state index in [-0.39, 0.29) is 23.6 Å². The number of aromatic nitrogens is 2. The fourth-order valence-electron chi connectivity index (χ4n) is 1.75. The average Bonchev–Trinajstić information content (AvgIpc) is 2.41. The Kier molecular flexibility index (Phi) is 3.80.